The van der Waals surface area contributed by atoms with Gasteiger partial charge in [-0.25, -0.2) is 9.97 Å². The van der Waals surface area contributed by atoms with E-state index in [0.29, 0.717) is 18.3 Å². The van der Waals surface area contributed by atoms with E-state index in [4.69, 9.17) is 4.74 Å². The molecule has 0 radical (unpaired) electrons. The molecule has 2 aromatic carbocycles. The zero-order valence-electron chi connectivity index (χ0n) is 21.9. The highest BCUT2D eigenvalue weighted by Crippen LogP contribution is 2.34. The lowest BCUT2D eigenvalue weighted by atomic mass is 9.99. The number of rotatable bonds is 11. The minimum absolute atomic E-state index is 0.216. The van der Waals surface area contributed by atoms with Crippen molar-refractivity contribution in [1.82, 2.24) is 14.9 Å². The van der Waals surface area contributed by atoms with Crippen LogP contribution in [0, 0.1) is 5.92 Å². The van der Waals surface area contributed by atoms with Crippen molar-refractivity contribution in [1.29, 1.82) is 0 Å². The van der Waals surface area contributed by atoms with Crippen molar-refractivity contribution in [3.8, 4) is 5.75 Å². The third kappa shape index (κ3) is 6.86. The number of nitrogens with zero attached hydrogens (tertiary/aromatic N) is 4. The van der Waals surface area contributed by atoms with Crippen LogP contribution in [0.15, 0.2) is 54.9 Å². The highest BCUT2D eigenvalue weighted by Gasteiger charge is 2.25. The molecule has 2 heterocycles. The first-order valence-corrected chi connectivity index (χ1v) is 13.5. The third-order valence-corrected chi connectivity index (χ3v) is 7.41. The maximum Gasteiger partial charge on any atom is 0.227 e. The van der Waals surface area contributed by atoms with Gasteiger partial charge in [-0.05, 0) is 91.7 Å². The average molecular weight is 500 g/mol. The van der Waals surface area contributed by atoms with Crippen molar-refractivity contribution in [2.24, 2.45) is 5.92 Å². The Balaban J connectivity index is 1.15. The van der Waals surface area contributed by atoms with Gasteiger partial charge >= 0.3 is 0 Å². The number of benzene rings is 2. The molecule has 7 nitrogen and oxygen atoms in total. The minimum Gasteiger partial charge on any atom is -0.497 e. The fraction of sp³-hybridized carbons (Fsp3) is 0.433. The van der Waals surface area contributed by atoms with Crippen molar-refractivity contribution >= 4 is 23.1 Å². The molecule has 1 saturated heterocycles. The average Bonchev–Trinajstić information content (AvgIpc) is 3.77. The van der Waals surface area contributed by atoms with Gasteiger partial charge in [-0.15, -0.1) is 0 Å². The highest BCUT2D eigenvalue weighted by atomic mass is 16.5. The molecule has 0 amide bonds. The smallest absolute Gasteiger partial charge is 0.227 e. The lowest BCUT2D eigenvalue weighted by Crippen LogP contribution is -2.46. The van der Waals surface area contributed by atoms with Crippen LogP contribution in [0.4, 0.5) is 17.3 Å². The summed E-state index contributed by atoms with van der Waals surface area (Å²) in [4.78, 5) is 26.6. The Labute approximate surface area is 219 Å². The summed E-state index contributed by atoms with van der Waals surface area (Å²) >= 11 is 0. The van der Waals surface area contributed by atoms with E-state index in [0.717, 1.165) is 73.7 Å². The minimum atomic E-state index is 0.216. The second-order valence-electron chi connectivity index (χ2n) is 10.1. The lowest BCUT2D eigenvalue weighted by Gasteiger charge is -2.35. The predicted octanol–water partition coefficient (Wildman–Crippen LogP) is 5.14. The van der Waals surface area contributed by atoms with Gasteiger partial charge < -0.3 is 19.9 Å². The Morgan fingerprint density at radius 3 is 2.32 bits per heavy atom. The maximum absolute atomic E-state index is 12.6. The van der Waals surface area contributed by atoms with Gasteiger partial charge in [0.1, 0.15) is 5.75 Å². The Kier molecular flexibility index (Phi) is 7.99. The highest BCUT2D eigenvalue weighted by molar-refractivity contribution is 5.97. The van der Waals surface area contributed by atoms with E-state index < -0.39 is 0 Å². The standard InChI is InChI=1S/C30H37N5O2/c1-3-34-12-14-35(15-13-34)27-10-8-26(9-11-27)33-30-31-20-24(21-32-30)7-6-23-16-25(19-28(17-23)37-2)29(36)18-22-4-5-22/h8-11,16-17,19-22H,3-7,12-15,18H2,1-2H3,(H,31,32,33). The quantitative estimate of drug-likeness (QED) is 0.366. The summed E-state index contributed by atoms with van der Waals surface area (Å²) in [6.45, 7) is 7.72. The number of ether oxygens (including phenoxy) is 1. The van der Waals surface area contributed by atoms with Gasteiger partial charge in [0.15, 0.2) is 5.78 Å². The number of aromatic nitrogens is 2. The molecule has 3 aromatic rings. The Bertz CT molecular complexity index is 1180. The molecule has 0 unspecified atom stereocenters. The molecule has 1 saturated carbocycles. The van der Waals surface area contributed by atoms with Crippen LogP contribution in [0.5, 0.6) is 5.75 Å². The Morgan fingerprint density at radius 1 is 0.973 bits per heavy atom. The molecule has 0 atom stereocenters. The Morgan fingerprint density at radius 2 is 1.68 bits per heavy atom. The number of carbonyl (C=O) groups excluding carboxylic acids is 1. The summed E-state index contributed by atoms with van der Waals surface area (Å²) < 4.78 is 5.45. The van der Waals surface area contributed by atoms with Crippen LogP contribution in [0.25, 0.3) is 0 Å². The molecule has 0 bridgehead atoms. The summed E-state index contributed by atoms with van der Waals surface area (Å²) in [5, 5.41) is 3.30. The number of Topliss-reactive ketones (excluding diaryl/α,β-unsaturated/α-hetero) is 1. The van der Waals surface area contributed by atoms with E-state index in [1.54, 1.807) is 7.11 Å². The number of ketones is 1. The van der Waals surface area contributed by atoms with E-state index in [9.17, 15) is 4.79 Å². The van der Waals surface area contributed by atoms with Crippen molar-refractivity contribution in [3.63, 3.8) is 0 Å². The number of hydrogen-bond donors (Lipinski definition) is 1. The number of piperazine rings is 1. The second-order valence-corrected chi connectivity index (χ2v) is 10.1. The Hall–Kier alpha value is -3.45. The zero-order valence-corrected chi connectivity index (χ0v) is 21.9. The topological polar surface area (TPSA) is 70.6 Å². The van der Waals surface area contributed by atoms with Gasteiger partial charge in [-0.3, -0.25) is 4.79 Å². The SMILES string of the molecule is CCN1CCN(c2ccc(Nc3ncc(CCc4cc(OC)cc(C(=O)CC5CC5)c4)cn3)cc2)CC1. The molecule has 7 heteroatoms. The summed E-state index contributed by atoms with van der Waals surface area (Å²) in [5.41, 5.74) is 5.14. The summed E-state index contributed by atoms with van der Waals surface area (Å²) in [6.07, 6.45) is 8.33. The van der Waals surface area contributed by atoms with Crippen LogP contribution < -0.4 is 15.0 Å². The molecule has 1 aliphatic heterocycles. The molecular weight excluding hydrogens is 462 g/mol. The molecule has 0 spiro atoms. The zero-order chi connectivity index (χ0) is 25.6. The molecule has 194 valence electrons. The normalized spacial score (nSPS) is 16.0. The fourth-order valence-corrected chi connectivity index (χ4v) is 4.83. The lowest BCUT2D eigenvalue weighted by molar-refractivity contribution is 0.0975. The largest absolute Gasteiger partial charge is 0.497 e. The molecule has 2 aliphatic rings. The molecular formula is C30H37N5O2. The van der Waals surface area contributed by atoms with Crippen LogP contribution in [0.3, 0.4) is 0 Å². The van der Waals surface area contributed by atoms with Crippen LogP contribution in [-0.4, -0.2) is 60.5 Å². The molecule has 1 N–H and O–H groups in total. The number of aryl methyl sites for hydroxylation is 2. The summed E-state index contributed by atoms with van der Waals surface area (Å²) in [6, 6.07) is 14.4. The van der Waals surface area contributed by atoms with Crippen molar-refractivity contribution in [2.45, 2.75) is 39.0 Å². The van der Waals surface area contributed by atoms with Gasteiger partial charge in [0.05, 0.1) is 7.11 Å². The number of nitrogens with one attached hydrogen (secondary N) is 1. The molecule has 5 rings (SSSR count). The molecule has 37 heavy (non-hydrogen) atoms. The van der Waals surface area contributed by atoms with Gasteiger partial charge in [-0.2, -0.15) is 0 Å². The van der Waals surface area contributed by atoms with Gasteiger partial charge in [-0.1, -0.05) is 6.92 Å². The fourth-order valence-electron chi connectivity index (χ4n) is 4.83. The van der Waals surface area contributed by atoms with Gasteiger partial charge in [0.2, 0.25) is 5.95 Å². The first-order chi connectivity index (χ1) is 18.1. The number of anilines is 3. The monoisotopic (exact) mass is 499 g/mol. The van der Waals surface area contributed by atoms with Crippen molar-refractivity contribution < 1.29 is 9.53 Å². The summed E-state index contributed by atoms with van der Waals surface area (Å²) in [5.74, 6) is 2.11. The number of likely N-dealkylation sites (N-methyl/N-ethyl adjacent to an activating group) is 1. The first kappa shape index (κ1) is 25.2. The van der Waals surface area contributed by atoms with Crippen LogP contribution in [0.1, 0.15) is 47.7 Å². The van der Waals surface area contributed by atoms with Crippen LogP contribution in [-0.2, 0) is 12.8 Å². The maximum atomic E-state index is 12.6. The molecule has 2 fully saturated rings. The van der Waals surface area contributed by atoms with E-state index in [1.165, 1.54) is 18.5 Å². The predicted molar refractivity (Wildman–Crippen MR) is 148 cm³/mol. The van der Waals surface area contributed by atoms with E-state index in [2.05, 4.69) is 56.3 Å². The van der Waals surface area contributed by atoms with Crippen molar-refractivity contribution in [2.75, 3.05) is 50.1 Å². The number of carbonyl (C=O) groups is 1. The van der Waals surface area contributed by atoms with Gasteiger partial charge in [0.25, 0.3) is 0 Å². The van der Waals surface area contributed by atoms with E-state index >= 15 is 0 Å². The molecule has 1 aliphatic carbocycles. The number of methoxy groups -OCH3 is 1. The second kappa shape index (κ2) is 11.7. The number of hydrogen-bond acceptors (Lipinski definition) is 7. The van der Waals surface area contributed by atoms with E-state index in [1.807, 2.05) is 30.6 Å². The van der Waals surface area contributed by atoms with Crippen LogP contribution >= 0.6 is 0 Å². The van der Waals surface area contributed by atoms with Crippen molar-refractivity contribution in [3.05, 3.63) is 71.5 Å². The first-order valence-electron chi connectivity index (χ1n) is 13.5. The van der Waals surface area contributed by atoms with E-state index in [-0.39, 0.29) is 5.78 Å². The van der Waals surface area contributed by atoms with Gasteiger partial charge in [0, 0.05) is 61.9 Å². The molecule has 1 aromatic heterocycles. The van der Waals surface area contributed by atoms with Crippen LogP contribution in [0.2, 0.25) is 0 Å². The summed E-state index contributed by atoms with van der Waals surface area (Å²) in [7, 11) is 1.65. The third-order valence-electron chi connectivity index (χ3n) is 7.41.